The number of ether oxygens (including phenoxy) is 1. The third-order valence-corrected chi connectivity index (χ3v) is 7.45. The maximum absolute atomic E-state index is 12.7. The van der Waals surface area contributed by atoms with Gasteiger partial charge in [0.15, 0.2) is 11.5 Å². The minimum atomic E-state index is -4.37. The van der Waals surface area contributed by atoms with Crippen LogP contribution in [-0.2, 0) is 28.4 Å². The number of halogens is 3. The van der Waals surface area contributed by atoms with E-state index in [1.165, 1.54) is 47.7 Å². The molecule has 0 bridgehead atoms. The molecule has 4 aromatic rings. The van der Waals surface area contributed by atoms with E-state index in [1.807, 2.05) is 0 Å². The molecule has 0 aliphatic rings. The number of hydrogen-bond donors (Lipinski definition) is 1. The molecule has 1 N–H and O–H groups in total. The maximum Gasteiger partial charge on any atom is 0.416 e. The Bertz CT molecular complexity index is 1410. The number of sulfonamides is 1. The predicted molar refractivity (Wildman–Crippen MR) is 124 cm³/mol. The van der Waals surface area contributed by atoms with Crippen molar-refractivity contribution in [2.24, 2.45) is 0 Å². The minimum Gasteiger partial charge on any atom is -0.497 e. The molecule has 0 aliphatic carbocycles. The van der Waals surface area contributed by atoms with Gasteiger partial charge in [-0.3, -0.25) is 0 Å². The van der Waals surface area contributed by atoms with Crippen molar-refractivity contribution in [1.29, 1.82) is 0 Å². The van der Waals surface area contributed by atoms with Crippen LogP contribution in [-0.4, -0.2) is 41.9 Å². The number of fused-ring (bicyclic) bond motifs is 1. The van der Waals surface area contributed by atoms with Crippen molar-refractivity contribution >= 4 is 27.4 Å². The lowest BCUT2D eigenvalue weighted by atomic mass is 10.1. The highest BCUT2D eigenvalue weighted by atomic mass is 32.2. The quantitative estimate of drug-likeness (QED) is 0.332. The SMILES string of the molecule is COc1ccc(S(=O)(=O)NCCc2nnc3ccc(SCc4ccc(C(F)(F)F)cc4)nn23)cc1. The highest BCUT2D eigenvalue weighted by Crippen LogP contribution is 2.30. The number of aromatic nitrogens is 4. The third kappa shape index (κ3) is 6.10. The van der Waals surface area contributed by atoms with Crippen molar-refractivity contribution in [3.8, 4) is 5.75 Å². The fraction of sp³-hybridized carbons (Fsp3) is 0.227. The van der Waals surface area contributed by atoms with Gasteiger partial charge in [-0.05, 0) is 54.1 Å². The maximum atomic E-state index is 12.7. The zero-order valence-corrected chi connectivity index (χ0v) is 20.0. The molecule has 2 heterocycles. The molecule has 4 rings (SSSR count). The zero-order chi connectivity index (χ0) is 25.1. The Kier molecular flexibility index (Phi) is 7.28. The molecule has 0 saturated carbocycles. The van der Waals surface area contributed by atoms with E-state index in [0.29, 0.717) is 28.0 Å². The van der Waals surface area contributed by atoms with Gasteiger partial charge in [-0.2, -0.15) is 22.8 Å². The molecule has 0 amide bonds. The number of alkyl halides is 3. The van der Waals surface area contributed by atoms with Gasteiger partial charge in [0, 0.05) is 18.7 Å². The van der Waals surface area contributed by atoms with E-state index < -0.39 is 21.8 Å². The lowest BCUT2D eigenvalue weighted by Crippen LogP contribution is -2.26. The monoisotopic (exact) mass is 523 g/mol. The Morgan fingerprint density at radius 2 is 1.71 bits per heavy atom. The Balaban J connectivity index is 1.39. The summed E-state index contributed by atoms with van der Waals surface area (Å²) in [5.74, 6) is 1.45. The molecule has 8 nitrogen and oxygen atoms in total. The molecule has 184 valence electrons. The highest BCUT2D eigenvalue weighted by Gasteiger charge is 2.29. The van der Waals surface area contributed by atoms with Crippen LogP contribution in [0.25, 0.3) is 5.65 Å². The zero-order valence-electron chi connectivity index (χ0n) is 18.4. The van der Waals surface area contributed by atoms with E-state index in [1.54, 1.807) is 24.3 Å². The first kappa shape index (κ1) is 24.9. The molecule has 0 fully saturated rings. The van der Waals surface area contributed by atoms with Crippen LogP contribution in [0.15, 0.2) is 70.6 Å². The second-order valence-electron chi connectivity index (χ2n) is 7.36. The van der Waals surface area contributed by atoms with Crippen LogP contribution in [0.5, 0.6) is 5.75 Å². The minimum absolute atomic E-state index is 0.0831. The van der Waals surface area contributed by atoms with Gasteiger partial charge < -0.3 is 4.74 Å². The molecule has 0 saturated heterocycles. The van der Waals surface area contributed by atoms with Crippen LogP contribution in [0.4, 0.5) is 13.2 Å². The first-order chi connectivity index (χ1) is 16.7. The van der Waals surface area contributed by atoms with Crippen LogP contribution in [0.1, 0.15) is 17.0 Å². The molecule has 2 aromatic heterocycles. The number of methoxy groups -OCH3 is 1. The summed E-state index contributed by atoms with van der Waals surface area (Å²) in [5, 5.41) is 13.2. The largest absolute Gasteiger partial charge is 0.497 e. The number of rotatable bonds is 9. The summed E-state index contributed by atoms with van der Waals surface area (Å²) in [5.41, 5.74) is 0.529. The number of thioether (sulfide) groups is 1. The van der Waals surface area contributed by atoms with Gasteiger partial charge in [-0.1, -0.05) is 23.9 Å². The number of hydrogen-bond acceptors (Lipinski definition) is 7. The van der Waals surface area contributed by atoms with Crippen molar-refractivity contribution in [3.63, 3.8) is 0 Å². The Labute approximate surface area is 203 Å². The topological polar surface area (TPSA) is 98.5 Å². The van der Waals surface area contributed by atoms with Crippen molar-refractivity contribution in [3.05, 3.63) is 77.6 Å². The van der Waals surface area contributed by atoms with E-state index >= 15 is 0 Å². The van der Waals surface area contributed by atoms with Gasteiger partial charge in [0.1, 0.15) is 10.8 Å². The van der Waals surface area contributed by atoms with Crippen LogP contribution >= 0.6 is 11.8 Å². The van der Waals surface area contributed by atoms with Gasteiger partial charge in [0.2, 0.25) is 10.0 Å². The molecule has 0 spiro atoms. The first-order valence-corrected chi connectivity index (χ1v) is 12.8. The van der Waals surface area contributed by atoms with Gasteiger partial charge in [0.05, 0.1) is 17.6 Å². The first-order valence-electron chi connectivity index (χ1n) is 10.3. The summed E-state index contributed by atoms with van der Waals surface area (Å²) in [4.78, 5) is 0.115. The second kappa shape index (κ2) is 10.2. The van der Waals surface area contributed by atoms with Crippen molar-refractivity contribution < 1.29 is 26.3 Å². The summed E-state index contributed by atoms with van der Waals surface area (Å²) in [7, 11) is -2.21. The molecular formula is C22H20F3N5O3S2. The molecule has 0 atom stereocenters. The molecule has 2 aromatic carbocycles. The fourth-order valence-electron chi connectivity index (χ4n) is 3.13. The standard InChI is InChI=1S/C22H20F3N5O3S2/c1-33-17-6-8-18(9-7-17)35(31,32)26-13-12-20-28-27-19-10-11-21(29-30(19)20)34-14-15-2-4-16(5-3-15)22(23,24)25/h2-11,26H,12-14H2,1H3. The predicted octanol–water partition coefficient (Wildman–Crippen LogP) is 3.97. The molecule has 0 radical (unpaired) electrons. The van der Waals surface area contributed by atoms with Gasteiger partial charge in [0.25, 0.3) is 0 Å². The smallest absolute Gasteiger partial charge is 0.416 e. The summed E-state index contributed by atoms with van der Waals surface area (Å²) in [6, 6.07) is 14.5. The third-order valence-electron chi connectivity index (χ3n) is 4.98. The van der Waals surface area contributed by atoms with E-state index in [0.717, 1.165) is 17.7 Å². The highest BCUT2D eigenvalue weighted by molar-refractivity contribution is 7.98. The molecule has 13 heteroatoms. The van der Waals surface area contributed by atoms with E-state index in [9.17, 15) is 21.6 Å². The van der Waals surface area contributed by atoms with E-state index in [-0.39, 0.29) is 17.9 Å². The normalized spacial score (nSPS) is 12.2. The van der Waals surface area contributed by atoms with Crippen molar-refractivity contribution in [2.75, 3.05) is 13.7 Å². The summed E-state index contributed by atoms with van der Waals surface area (Å²) in [6.07, 6.45) is -4.12. The van der Waals surface area contributed by atoms with Crippen molar-refractivity contribution in [1.82, 2.24) is 24.5 Å². The van der Waals surface area contributed by atoms with Crippen LogP contribution in [0, 0.1) is 0 Å². The van der Waals surface area contributed by atoms with Crippen molar-refractivity contribution in [2.45, 2.75) is 28.3 Å². The number of nitrogens with one attached hydrogen (secondary N) is 1. The van der Waals surface area contributed by atoms with Gasteiger partial charge >= 0.3 is 6.18 Å². The van der Waals surface area contributed by atoms with E-state index in [4.69, 9.17) is 4.74 Å². The van der Waals surface area contributed by atoms with Crippen LogP contribution in [0.3, 0.4) is 0 Å². The van der Waals surface area contributed by atoms with E-state index in [2.05, 4.69) is 20.0 Å². The average molecular weight is 524 g/mol. The number of nitrogens with zero attached hydrogens (tertiary/aromatic N) is 4. The Morgan fingerprint density at radius 1 is 1.00 bits per heavy atom. The van der Waals surface area contributed by atoms with Gasteiger partial charge in [-0.15, -0.1) is 10.2 Å². The van der Waals surface area contributed by atoms with Crippen LogP contribution in [0.2, 0.25) is 0 Å². The fourth-order valence-corrected chi connectivity index (χ4v) is 4.97. The summed E-state index contributed by atoms with van der Waals surface area (Å²) >= 11 is 1.35. The molecule has 0 aliphatic heterocycles. The Morgan fingerprint density at radius 3 is 2.37 bits per heavy atom. The molecule has 35 heavy (non-hydrogen) atoms. The number of benzene rings is 2. The molecular weight excluding hydrogens is 503 g/mol. The molecule has 0 unspecified atom stereocenters. The Hall–Kier alpha value is -3.16. The van der Waals surface area contributed by atoms with Gasteiger partial charge in [-0.25, -0.2) is 13.1 Å². The summed E-state index contributed by atoms with van der Waals surface area (Å²) < 4.78 is 72.3. The lowest BCUT2D eigenvalue weighted by molar-refractivity contribution is -0.137. The van der Waals surface area contributed by atoms with Crippen LogP contribution < -0.4 is 9.46 Å². The second-order valence-corrected chi connectivity index (χ2v) is 10.1. The lowest BCUT2D eigenvalue weighted by Gasteiger charge is -2.08. The summed E-state index contributed by atoms with van der Waals surface area (Å²) in [6.45, 7) is 0.0831. The average Bonchev–Trinajstić information content (AvgIpc) is 3.24.